The topological polar surface area (TPSA) is 134 Å². The number of aromatic nitrogens is 5. The fourth-order valence-corrected chi connectivity index (χ4v) is 6.72. The van der Waals surface area contributed by atoms with E-state index in [1.807, 2.05) is 55.5 Å². The van der Waals surface area contributed by atoms with Gasteiger partial charge in [-0.3, -0.25) is 0 Å². The van der Waals surface area contributed by atoms with Crippen LogP contribution in [0.25, 0.3) is 0 Å². The molecule has 0 aliphatic carbocycles. The number of nitrogens with zero attached hydrogens (tertiary/aromatic N) is 10. The third kappa shape index (κ3) is 7.89. The Morgan fingerprint density at radius 3 is 1.92 bits per heavy atom. The van der Waals surface area contributed by atoms with E-state index in [1.54, 1.807) is 24.8 Å². The summed E-state index contributed by atoms with van der Waals surface area (Å²) in [5.74, 6) is 1.74. The van der Waals surface area contributed by atoms with Crippen LogP contribution in [0.2, 0.25) is 10.0 Å². The Kier molecular flexibility index (Phi) is 10.9. The second kappa shape index (κ2) is 15.7. The lowest BCUT2D eigenvalue weighted by Gasteiger charge is -2.31. The highest BCUT2D eigenvalue weighted by Gasteiger charge is 2.24. The number of benzene rings is 2. The van der Waals surface area contributed by atoms with Gasteiger partial charge in [-0.05, 0) is 64.0 Å². The van der Waals surface area contributed by atoms with Crippen molar-refractivity contribution in [2.24, 2.45) is 0 Å². The van der Waals surface area contributed by atoms with Gasteiger partial charge in [-0.1, -0.05) is 29.3 Å². The molecule has 2 aliphatic rings. The van der Waals surface area contributed by atoms with Crippen LogP contribution in [0, 0.1) is 22.7 Å². The standard InChI is InChI=1S/C22H22ClN7.C14H10BrClN4/c1-29(2)21-6-3-15(11-25-21)12-26-22-18-13-30(8-7-19(18)27-14-28-22)20-5-4-17(23)9-16(20)10-24;15-14-11-7-20(4-3-12(11)18-8-19-14)13-2-1-10(16)5-9(13)6-17/h3-6,9,11,14H,7-8,12-13H2,1-2H3,(H,26,27,28);1-2,5,8H,3-4,7H2. The van der Waals surface area contributed by atoms with Gasteiger partial charge in [0.05, 0.1) is 33.9 Å². The van der Waals surface area contributed by atoms with Crippen molar-refractivity contribution in [3.63, 3.8) is 0 Å². The van der Waals surface area contributed by atoms with Crippen LogP contribution < -0.4 is 20.0 Å². The van der Waals surface area contributed by atoms with Gasteiger partial charge < -0.3 is 20.0 Å². The molecule has 2 aliphatic heterocycles. The van der Waals surface area contributed by atoms with Gasteiger partial charge in [-0.2, -0.15) is 10.5 Å². The summed E-state index contributed by atoms with van der Waals surface area (Å²) in [5, 5.41) is 23.3. The highest BCUT2D eigenvalue weighted by molar-refractivity contribution is 9.10. The van der Waals surface area contributed by atoms with Gasteiger partial charge in [0.25, 0.3) is 0 Å². The third-order valence-corrected chi connectivity index (χ3v) is 9.67. The second-order valence-electron chi connectivity index (χ2n) is 11.9. The van der Waals surface area contributed by atoms with Gasteiger partial charge in [0.1, 0.15) is 41.0 Å². The maximum absolute atomic E-state index is 9.51. The van der Waals surface area contributed by atoms with E-state index in [-0.39, 0.29) is 0 Å². The van der Waals surface area contributed by atoms with Crippen LogP contribution in [-0.2, 0) is 32.5 Å². The molecule has 0 radical (unpaired) electrons. The lowest BCUT2D eigenvalue weighted by molar-refractivity contribution is 0.699. The summed E-state index contributed by atoms with van der Waals surface area (Å²) in [4.78, 5) is 28.2. The fraction of sp³-hybridized carbons (Fsp3) is 0.250. The molecule has 0 amide bonds. The van der Waals surface area contributed by atoms with E-state index >= 15 is 0 Å². The summed E-state index contributed by atoms with van der Waals surface area (Å²) in [6, 6.07) is 19.3. The zero-order chi connectivity index (χ0) is 35.2. The molecule has 0 spiro atoms. The van der Waals surface area contributed by atoms with E-state index in [4.69, 9.17) is 23.2 Å². The van der Waals surface area contributed by atoms with Crippen LogP contribution in [0.1, 0.15) is 39.2 Å². The normalized spacial score (nSPS) is 13.2. The molecule has 0 saturated carbocycles. The molecule has 50 heavy (non-hydrogen) atoms. The summed E-state index contributed by atoms with van der Waals surface area (Å²) in [7, 11) is 3.94. The van der Waals surface area contributed by atoms with Crippen molar-refractivity contribution >= 4 is 62.1 Å². The first-order valence-corrected chi connectivity index (χ1v) is 17.3. The zero-order valence-electron chi connectivity index (χ0n) is 27.4. The molecule has 0 saturated heterocycles. The van der Waals surface area contributed by atoms with Crippen molar-refractivity contribution in [2.75, 3.05) is 47.2 Å². The molecule has 3 aromatic heterocycles. The molecule has 2 aromatic carbocycles. The SMILES string of the molecule is CN(C)c1ccc(CNc2ncnc3c2CN(c2ccc(Cl)cc2C#N)CC3)cn1.N#Cc1cc(Cl)ccc1N1CCc2ncnc(Br)c2C1. The van der Waals surface area contributed by atoms with Crippen molar-refractivity contribution in [1.82, 2.24) is 24.9 Å². The minimum atomic E-state index is 0.562. The zero-order valence-corrected chi connectivity index (χ0v) is 30.5. The highest BCUT2D eigenvalue weighted by atomic mass is 79.9. The molecule has 1 N–H and O–H groups in total. The summed E-state index contributed by atoms with van der Waals surface area (Å²) in [6.07, 6.45) is 6.67. The van der Waals surface area contributed by atoms with Crippen LogP contribution in [0.4, 0.5) is 23.0 Å². The van der Waals surface area contributed by atoms with Gasteiger partial charge >= 0.3 is 0 Å². The van der Waals surface area contributed by atoms with Crippen LogP contribution >= 0.6 is 39.1 Å². The van der Waals surface area contributed by atoms with E-state index in [2.05, 4.69) is 74.2 Å². The first-order valence-electron chi connectivity index (χ1n) is 15.8. The maximum atomic E-state index is 9.51. The number of anilines is 4. The van der Waals surface area contributed by atoms with Gasteiger partial charge in [0, 0.05) is 87.0 Å². The van der Waals surface area contributed by atoms with E-state index in [0.717, 1.165) is 81.6 Å². The Bertz CT molecular complexity index is 2090. The van der Waals surface area contributed by atoms with Crippen molar-refractivity contribution in [1.29, 1.82) is 10.5 Å². The van der Waals surface area contributed by atoms with Gasteiger partial charge in [0.2, 0.25) is 0 Å². The lowest BCUT2D eigenvalue weighted by Crippen LogP contribution is -2.32. The Balaban J connectivity index is 0.000000187. The van der Waals surface area contributed by atoms with Crippen molar-refractivity contribution in [2.45, 2.75) is 32.5 Å². The van der Waals surface area contributed by atoms with Crippen LogP contribution in [0.5, 0.6) is 0 Å². The molecule has 0 bridgehead atoms. The predicted molar refractivity (Wildman–Crippen MR) is 199 cm³/mol. The maximum Gasteiger partial charge on any atom is 0.134 e. The average molecular weight is 770 g/mol. The molecule has 7 rings (SSSR count). The van der Waals surface area contributed by atoms with Crippen molar-refractivity contribution in [3.05, 3.63) is 121 Å². The minimum absolute atomic E-state index is 0.562. The monoisotopic (exact) mass is 767 g/mol. The summed E-state index contributed by atoms with van der Waals surface area (Å²) in [5.41, 5.74) is 8.26. The number of nitriles is 2. The smallest absolute Gasteiger partial charge is 0.134 e. The van der Waals surface area contributed by atoms with Gasteiger partial charge in [0.15, 0.2) is 0 Å². The van der Waals surface area contributed by atoms with E-state index in [9.17, 15) is 10.5 Å². The third-order valence-electron chi connectivity index (χ3n) is 8.52. The quantitative estimate of drug-likeness (QED) is 0.180. The largest absolute Gasteiger partial charge is 0.366 e. The Hall–Kier alpha value is -5.01. The molecule has 0 fully saturated rings. The van der Waals surface area contributed by atoms with Crippen molar-refractivity contribution < 1.29 is 0 Å². The molecule has 5 aromatic rings. The molecule has 5 heterocycles. The molecule has 252 valence electrons. The van der Waals surface area contributed by atoms with Gasteiger partial charge in [-0.15, -0.1) is 0 Å². The summed E-state index contributed by atoms with van der Waals surface area (Å²) < 4.78 is 0.819. The fourth-order valence-electron chi connectivity index (χ4n) is 5.93. The Morgan fingerprint density at radius 2 is 1.36 bits per heavy atom. The lowest BCUT2D eigenvalue weighted by atomic mass is 10.0. The average Bonchev–Trinajstić information content (AvgIpc) is 3.14. The number of pyridine rings is 1. The molecule has 14 heteroatoms. The molecular formula is C36H32BrCl2N11. The number of fused-ring (bicyclic) bond motifs is 2. The van der Waals surface area contributed by atoms with E-state index < -0.39 is 0 Å². The first-order chi connectivity index (χ1) is 24.2. The summed E-state index contributed by atoms with van der Waals surface area (Å²) >= 11 is 15.5. The van der Waals surface area contributed by atoms with Crippen molar-refractivity contribution in [3.8, 4) is 12.1 Å². The molecule has 11 nitrogen and oxygen atoms in total. The Labute approximate surface area is 309 Å². The number of nitrogens with one attached hydrogen (secondary N) is 1. The number of rotatable bonds is 6. The minimum Gasteiger partial charge on any atom is -0.366 e. The van der Waals surface area contributed by atoms with Crippen LogP contribution in [0.3, 0.4) is 0 Å². The van der Waals surface area contributed by atoms with E-state index in [0.29, 0.717) is 40.8 Å². The molecular weight excluding hydrogens is 737 g/mol. The predicted octanol–water partition coefficient (Wildman–Crippen LogP) is 6.96. The molecule has 0 unspecified atom stereocenters. The Morgan fingerprint density at radius 1 is 0.780 bits per heavy atom. The number of hydrogen-bond acceptors (Lipinski definition) is 11. The number of halogens is 3. The summed E-state index contributed by atoms with van der Waals surface area (Å²) in [6.45, 7) is 3.55. The second-order valence-corrected chi connectivity index (χ2v) is 13.5. The van der Waals surface area contributed by atoms with E-state index in [1.165, 1.54) is 0 Å². The highest BCUT2D eigenvalue weighted by Crippen LogP contribution is 2.32. The number of hydrogen-bond donors (Lipinski definition) is 1. The van der Waals surface area contributed by atoms with Crippen LogP contribution in [-0.4, -0.2) is 52.1 Å². The molecule has 0 atom stereocenters. The van der Waals surface area contributed by atoms with Crippen LogP contribution in [0.15, 0.2) is 72.0 Å². The first kappa shape index (κ1) is 34.8. The van der Waals surface area contributed by atoms with Gasteiger partial charge in [-0.25, -0.2) is 24.9 Å².